The van der Waals surface area contributed by atoms with E-state index in [-0.39, 0.29) is 11.9 Å². The highest BCUT2D eigenvalue weighted by molar-refractivity contribution is 5.42. The third-order valence-electron chi connectivity index (χ3n) is 2.57. The highest BCUT2D eigenvalue weighted by Gasteiger charge is 2.23. The molecule has 0 aromatic heterocycles. The molecule has 1 aliphatic rings. The Morgan fingerprint density at radius 3 is 3.00 bits per heavy atom. The number of hydrogen-bond donors (Lipinski definition) is 1. The van der Waals surface area contributed by atoms with Crippen molar-refractivity contribution in [1.29, 1.82) is 0 Å². The van der Waals surface area contributed by atoms with Crippen molar-refractivity contribution in [2.75, 3.05) is 7.11 Å². The standard InChI is InChI=1S/C10H12FNO/c1-13-9-5-3-6-7(10(9)11)2-4-8(6)12/h3,5,8H,2,4,12H2,1H3/t8-/m1/s1. The zero-order valence-corrected chi connectivity index (χ0v) is 7.51. The summed E-state index contributed by atoms with van der Waals surface area (Å²) in [4.78, 5) is 0. The molecule has 0 aliphatic heterocycles. The fourth-order valence-electron chi connectivity index (χ4n) is 1.83. The molecule has 0 spiro atoms. The van der Waals surface area contributed by atoms with Crippen LogP contribution in [0.25, 0.3) is 0 Å². The first-order valence-electron chi connectivity index (χ1n) is 4.35. The summed E-state index contributed by atoms with van der Waals surface area (Å²) < 4.78 is 18.5. The highest BCUT2D eigenvalue weighted by Crippen LogP contribution is 2.34. The lowest BCUT2D eigenvalue weighted by Crippen LogP contribution is -2.05. The summed E-state index contributed by atoms with van der Waals surface area (Å²) in [5.41, 5.74) is 7.46. The second-order valence-electron chi connectivity index (χ2n) is 3.29. The number of rotatable bonds is 1. The normalized spacial score (nSPS) is 20.1. The maximum absolute atomic E-state index is 13.6. The average Bonchev–Trinajstić information content (AvgIpc) is 2.50. The van der Waals surface area contributed by atoms with Crippen LogP contribution in [0.15, 0.2) is 12.1 Å². The van der Waals surface area contributed by atoms with Crippen LogP contribution in [0.5, 0.6) is 5.75 Å². The molecular weight excluding hydrogens is 169 g/mol. The molecular formula is C10H12FNO. The number of nitrogens with two attached hydrogens (primary N) is 1. The fraction of sp³-hybridized carbons (Fsp3) is 0.400. The van der Waals surface area contributed by atoms with Gasteiger partial charge in [-0.25, -0.2) is 4.39 Å². The second kappa shape index (κ2) is 3.00. The van der Waals surface area contributed by atoms with Gasteiger partial charge in [-0.05, 0) is 30.0 Å². The molecule has 0 unspecified atom stereocenters. The molecule has 1 aromatic rings. The van der Waals surface area contributed by atoms with Gasteiger partial charge in [-0.2, -0.15) is 0 Å². The molecule has 2 nitrogen and oxygen atoms in total. The average molecular weight is 181 g/mol. The number of benzene rings is 1. The van der Waals surface area contributed by atoms with E-state index in [1.54, 1.807) is 6.07 Å². The van der Waals surface area contributed by atoms with Gasteiger partial charge in [0.2, 0.25) is 0 Å². The van der Waals surface area contributed by atoms with E-state index in [4.69, 9.17) is 10.5 Å². The van der Waals surface area contributed by atoms with Crippen LogP contribution in [0.4, 0.5) is 4.39 Å². The summed E-state index contributed by atoms with van der Waals surface area (Å²) in [6.45, 7) is 0. The van der Waals surface area contributed by atoms with E-state index in [2.05, 4.69) is 0 Å². The predicted molar refractivity (Wildman–Crippen MR) is 48.2 cm³/mol. The molecule has 0 bridgehead atoms. The SMILES string of the molecule is COc1ccc2c(c1F)CC[C@H]2N. The van der Waals surface area contributed by atoms with Crippen LogP contribution in [0.2, 0.25) is 0 Å². The summed E-state index contributed by atoms with van der Waals surface area (Å²) in [6, 6.07) is 3.49. The zero-order chi connectivity index (χ0) is 9.42. The monoisotopic (exact) mass is 181 g/mol. The Kier molecular flexibility index (Phi) is 1.96. The molecule has 0 heterocycles. The lowest BCUT2D eigenvalue weighted by Gasteiger charge is -2.08. The minimum Gasteiger partial charge on any atom is -0.494 e. The van der Waals surface area contributed by atoms with Crippen LogP contribution < -0.4 is 10.5 Å². The molecule has 2 N–H and O–H groups in total. The van der Waals surface area contributed by atoms with Crippen LogP contribution in [0, 0.1) is 5.82 Å². The number of halogens is 1. The van der Waals surface area contributed by atoms with Gasteiger partial charge in [0.1, 0.15) is 0 Å². The minimum atomic E-state index is -0.243. The first kappa shape index (κ1) is 8.51. The quantitative estimate of drug-likeness (QED) is 0.716. The van der Waals surface area contributed by atoms with Crippen LogP contribution in [-0.4, -0.2) is 7.11 Å². The van der Waals surface area contributed by atoms with Gasteiger partial charge in [0.05, 0.1) is 7.11 Å². The van der Waals surface area contributed by atoms with E-state index in [0.717, 1.165) is 24.0 Å². The van der Waals surface area contributed by atoms with Crippen LogP contribution >= 0.6 is 0 Å². The van der Waals surface area contributed by atoms with Gasteiger partial charge in [-0.1, -0.05) is 6.07 Å². The topological polar surface area (TPSA) is 35.2 Å². The van der Waals surface area contributed by atoms with E-state index in [9.17, 15) is 4.39 Å². The van der Waals surface area contributed by atoms with Gasteiger partial charge >= 0.3 is 0 Å². The summed E-state index contributed by atoms with van der Waals surface area (Å²) in [5.74, 6) is 0.0702. The summed E-state index contributed by atoms with van der Waals surface area (Å²) in [7, 11) is 1.47. The largest absolute Gasteiger partial charge is 0.494 e. The van der Waals surface area contributed by atoms with Crippen LogP contribution in [0.1, 0.15) is 23.6 Å². The van der Waals surface area contributed by atoms with Crippen LogP contribution in [-0.2, 0) is 6.42 Å². The molecule has 2 rings (SSSR count). The third-order valence-corrected chi connectivity index (χ3v) is 2.57. The van der Waals surface area contributed by atoms with Crippen molar-refractivity contribution in [2.24, 2.45) is 5.73 Å². The molecule has 0 fully saturated rings. The fourth-order valence-corrected chi connectivity index (χ4v) is 1.83. The summed E-state index contributed by atoms with van der Waals surface area (Å²) >= 11 is 0. The van der Waals surface area contributed by atoms with Crippen molar-refractivity contribution in [3.05, 3.63) is 29.1 Å². The Morgan fingerprint density at radius 2 is 2.31 bits per heavy atom. The lowest BCUT2D eigenvalue weighted by atomic mass is 10.1. The first-order chi connectivity index (χ1) is 6.24. The lowest BCUT2D eigenvalue weighted by molar-refractivity contribution is 0.384. The van der Waals surface area contributed by atoms with Gasteiger partial charge in [0.25, 0.3) is 0 Å². The molecule has 13 heavy (non-hydrogen) atoms. The van der Waals surface area contributed by atoms with Crippen molar-refractivity contribution in [1.82, 2.24) is 0 Å². The Balaban J connectivity index is 2.54. The summed E-state index contributed by atoms with van der Waals surface area (Å²) in [6.07, 6.45) is 1.55. The predicted octanol–water partition coefficient (Wildman–Crippen LogP) is 1.78. The molecule has 0 radical (unpaired) electrons. The van der Waals surface area contributed by atoms with Crippen molar-refractivity contribution in [3.63, 3.8) is 0 Å². The van der Waals surface area contributed by atoms with Gasteiger partial charge < -0.3 is 10.5 Å². The molecule has 70 valence electrons. The maximum atomic E-state index is 13.6. The smallest absolute Gasteiger partial charge is 0.168 e. The molecule has 0 saturated heterocycles. The molecule has 3 heteroatoms. The minimum absolute atomic E-state index is 0.00425. The first-order valence-corrected chi connectivity index (χ1v) is 4.35. The maximum Gasteiger partial charge on any atom is 0.168 e. The molecule has 1 aliphatic carbocycles. The molecule has 0 amide bonds. The van der Waals surface area contributed by atoms with Gasteiger partial charge in [0, 0.05) is 6.04 Å². The third kappa shape index (κ3) is 1.20. The Labute approximate surface area is 76.5 Å². The van der Waals surface area contributed by atoms with Crippen molar-refractivity contribution >= 4 is 0 Å². The number of ether oxygens (including phenoxy) is 1. The zero-order valence-electron chi connectivity index (χ0n) is 7.51. The Morgan fingerprint density at radius 1 is 1.54 bits per heavy atom. The summed E-state index contributed by atoms with van der Waals surface area (Å²) in [5, 5.41) is 0. The number of hydrogen-bond acceptors (Lipinski definition) is 2. The van der Waals surface area contributed by atoms with E-state index < -0.39 is 0 Å². The van der Waals surface area contributed by atoms with E-state index in [1.165, 1.54) is 7.11 Å². The van der Waals surface area contributed by atoms with Gasteiger partial charge in [0.15, 0.2) is 11.6 Å². The Hall–Kier alpha value is -1.09. The van der Waals surface area contributed by atoms with E-state index in [0.29, 0.717) is 5.75 Å². The van der Waals surface area contributed by atoms with E-state index >= 15 is 0 Å². The number of fused-ring (bicyclic) bond motifs is 1. The molecule has 1 atom stereocenters. The second-order valence-corrected chi connectivity index (χ2v) is 3.29. The van der Waals surface area contributed by atoms with Crippen molar-refractivity contribution in [2.45, 2.75) is 18.9 Å². The Bertz CT molecular complexity index is 338. The highest BCUT2D eigenvalue weighted by atomic mass is 19.1. The molecule has 1 aromatic carbocycles. The molecule has 0 saturated carbocycles. The van der Waals surface area contributed by atoms with E-state index in [1.807, 2.05) is 6.07 Å². The van der Waals surface area contributed by atoms with Crippen molar-refractivity contribution in [3.8, 4) is 5.75 Å². The van der Waals surface area contributed by atoms with Crippen molar-refractivity contribution < 1.29 is 9.13 Å². The van der Waals surface area contributed by atoms with Crippen LogP contribution in [0.3, 0.4) is 0 Å². The van der Waals surface area contributed by atoms with Gasteiger partial charge in [-0.3, -0.25) is 0 Å². The number of methoxy groups -OCH3 is 1. The van der Waals surface area contributed by atoms with Gasteiger partial charge in [-0.15, -0.1) is 0 Å².